The Bertz CT molecular complexity index is 1430. The summed E-state index contributed by atoms with van der Waals surface area (Å²) in [5.41, 5.74) is 6.26. The van der Waals surface area contributed by atoms with Crippen LogP contribution in [0.2, 0.25) is 0 Å². The van der Waals surface area contributed by atoms with Crippen LogP contribution in [-0.4, -0.2) is 40.7 Å². The second-order valence-electron chi connectivity index (χ2n) is 8.48. The van der Waals surface area contributed by atoms with Gasteiger partial charge in [0.15, 0.2) is 5.82 Å². The largest absolute Gasteiger partial charge is 0.497 e. The fourth-order valence-electron chi connectivity index (χ4n) is 4.37. The summed E-state index contributed by atoms with van der Waals surface area (Å²) in [6.45, 7) is 6.16. The monoisotopic (exact) mass is 486 g/mol. The molecule has 0 saturated heterocycles. The summed E-state index contributed by atoms with van der Waals surface area (Å²) < 4.78 is 12.3. The van der Waals surface area contributed by atoms with Crippen LogP contribution in [0.25, 0.3) is 16.1 Å². The number of aryl methyl sites for hydroxylation is 2. The molecule has 0 unspecified atom stereocenters. The lowest BCUT2D eigenvalue weighted by atomic mass is 9.97. The maximum atomic E-state index is 12.3. The first kappa shape index (κ1) is 23.0. The van der Waals surface area contributed by atoms with Gasteiger partial charge in [-0.05, 0) is 49.6 Å². The Morgan fingerprint density at radius 2 is 1.57 bits per heavy atom. The fourth-order valence-corrected chi connectivity index (χ4v) is 5.58. The van der Waals surface area contributed by atoms with E-state index in [9.17, 15) is 4.79 Å². The highest BCUT2D eigenvalue weighted by Crippen LogP contribution is 2.39. The molecule has 35 heavy (non-hydrogen) atoms. The van der Waals surface area contributed by atoms with Crippen molar-refractivity contribution in [2.24, 2.45) is 4.99 Å². The molecule has 4 aromatic rings. The zero-order chi connectivity index (χ0) is 24.7. The molecular weight excluding hydrogens is 460 g/mol. The molecule has 0 N–H and O–H groups in total. The molecule has 2 aromatic carbocycles. The summed E-state index contributed by atoms with van der Waals surface area (Å²) in [4.78, 5) is 18.6. The van der Waals surface area contributed by atoms with E-state index >= 15 is 0 Å². The summed E-state index contributed by atoms with van der Waals surface area (Å²) in [5, 5.41) is 9.75. The molecule has 0 bridgehead atoms. The molecule has 3 heterocycles. The van der Waals surface area contributed by atoms with Gasteiger partial charge in [-0.15, -0.1) is 21.5 Å². The fraction of sp³-hybridized carbons (Fsp3) is 0.259. The third-order valence-corrected chi connectivity index (χ3v) is 7.60. The second-order valence-corrected chi connectivity index (χ2v) is 9.69. The number of methoxy groups -OCH3 is 2. The lowest BCUT2D eigenvalue weighted by Crippen LogP contribution is -2.12. The Balaban J connectivity index is 1.64. The normalized spacial score (nSPS) is 14.5. The standard InChI is InChI=1S/C27H26N4O3S/c1-15-16(2)35-27-24(15)25(28-22(14-23(32)34-5)26-30-29-17(3)31(26)27)20-8-6-18(7-9-20)19-10-12-21(33-4)13-11-19/h6-13,22H,14H2,1-5H3/t22-/m0/s1. The molecule has 8 heteroatoms. The highest BCUT2D eigenvalue weighted by Gasteiger charge is 2.32. The molecule has 7 nitrogen and oxygen atoms in total. The first-order chi connectivity index (χ1) is 16.9. The van der Waals surface area contributed by atoms with E-state index in [0.29, 0.717) is 5.82 Å². The highest BCUT2D eigenvalue weighted by atomic mass is 32.1. The van der Waals surface area contributed by atoms with E-state index in [2.05, 4.69) is 48.3 Å². The van der Waals surface area contributed by atoms with Crippen LogP contribution >= 0.6 is 11.3 Å². The van der Waals surface area contributed by atoms with Crippen LogP contribution in [0.4, 0.5) is 0 Å². The number of hydrogen-bond donors (Lipinski definition) is 0. The number of esters is 1. The van der Waals surface area contributed by atoms with E-state index < -0.39 is 6.04 Å². The Kier molecular flexibility index (Phi) is 5.98. The third-order valence-electron chi connectivity index (χ3n) is 6.41. The molecule has 0 saturated carbocycles. The molecule has 1 atom stereocenters. The van der Waals surface area contributed by atoms with Gasteiger partial charge < -0.3 is 9.47 Å². The van der Waals surface area contributed by atoms with Gasteiger partial charge >= 0.3 is 5.97 Å². The minimum Gasteiger partial charge on any atom is -0.497 e. The van der Waals surface area contributed by atoms with Crippen LogP contribution in [0.1, 0.15) is 45.7 Å². The van der Waals surface area contributed by atoms with Gasteiger partial charge in [-0.1, -0.05) is 36.4 Å². The minimum atomic E-state index is -0.501. The number of thiophene rings is 1. The lowest BCUT2D eigenvalue weighted by Gasteiger charge is -2.12. The van der Waals surface area contributed by atoms with Crippen LogP contribution in [0.3, 0.4) is 0 Å². The first-order valence-electron chi connectivity index (χ1n) is 11.3. The van der Waals surface area contributed by atoms with E-state index in [4.69, 9.17) is 14.5 Å². The minimum absolute atomic E-state index is 0.0923. The molecule has 0 aliphatic carbocycles. The summed E-state index contributed by atoms with van der Waals surface area (Å²) in [7, 11) is 3.05. The number of fused-ring (bicyclic) bond motifs is 3. The van der Waals surface area contributed by atoms with Crippen molar-refractivity contribution in [2.45, 2.75) is 33.2 Å². The third kappa shape index (κ3) is 4.04. The molecule has 1 aliphatic heterocycles. The van der Waals surface area contributed by atoms with Crippen molar-refractivity contribution in [3.63, 3.8) is 0 Å². The van der Waals surface area contributed by atoms with Gasteiger partial charge in [0.2, 0.25) is 0 Å². The quantitative estimate of drug-likeness (QED) is 0.354. The van der Waals surface area contributed by atoms with Gasteiger partial charge in [-0.25, -0.2) is 0 Å². The summed E-state index contributed by atoms with van der Waals surface area (Å²) in [6, 6.07) is 15.9. The number of carbonyl (C=O) groups excluding carboxylic acids is 1. The van der Waals surface area contributed by atoms with Gasteiger partial charge in [0.05, 0.1) is 26.4 Å². The van der Waals surface area contributed by atoms with Gasteiger partial charge in [0, 0.05) is 16.0 Å². The number of benzene rings is 2. The first-order valence-corrected chi connectivity index (χ1v) is 12.1. The Morgan fingerprint density at radius 3 is 2.20 bits per heavy atom. The molecule has 0 amide bonds. The van der Waals surface area contributed by atoms with Crippen LogP contribution in [0.5, 0.6) is 5.75 Å². The molecule has 1 aliphatic rings. The number of nitrogens with zero attached hydrogens (tertiary/aromatic N) is 4. The van der Waals surface area contributed by atoms with E-state index in [1.807, 2.05) is 35.8 Å². The van der Waals surface area contributed by atoms with Gasteiger partial charge in [-0.2, -0.15) is 0 Å². The van der Waals surface area contributed by atoms with Crippen molar-refractivity contribution >= 4 is 23.0 Å². The number of ether oxygens (including phenoxy) is 2. The van der Waals surface area contributed by atoms with Gasteiger partial charge in [-0.3, -0.25) is 14.4 Å². The molecule has 2 aromatic heterocycles. The molecular formula is C27H26N4O3S. The van der Waals surface area contributed by atoms with Gasteiger partial charge in [0.25, 0.3) is 0 Å². The maximum absolute atomic E-state index is 12.3. The van der Waals surface area contributed by atoms with Crippen molar-refractivity contribution in [1.82, 2.24) is 14.8 Å². The predicted molar refractivity (Wildman–Crippen MR) is 137 cm³/mol. The van der Waals surface area contributed by atoms with Crippen molar-refractivity contribution in [3.05, 3.63) is 81.7 Å². The predicted octanol–water partition coefficient (Wildman–Crippen LogP) is 5.38. The SMILES string of the molecule is COC(=O)C[C@@H]1N=C(c2ccc(-c3ccc(OC)cc3)cc2)c2c(sc(C)c2C)-n2c(C)nnc21. The number of rotatable bonds is 5. The average molecular weight is 487 g/mol. The van der Waals surface area contributed by atoms with Crippen LogP contribution < -0.4 is 4.74 Å². The molecule has 5 rings (SSSR count). The van der Waals surface area contributed by atoms with Crippen molar-refractivity contribution in [2.75, 3.05) is 14.2 Å². The zero-order valence-electron chi connectivity index (χ0n) is 20.3. The van der Waals surface area contributed by atoms with E-state index in [-0.39, 0.29) is 12.4 Å². The summed E-state index contributed by atoms with van der Waals surface area (Å²) >= 11 is 1.69. The van der Waals surface area contributed by atoms with Crippen LogP contribution in [0, 0.1) is 20.8 Å². The Hall–Kier alpha value is -3.78. The van der Waals surface area contributed by atoms with E-state index in [1.54, 1.807) is 18.4 Å². The van der Waals surface area contributed by atoms with Gasteiger partial charge in [0.1, 0.15) is 22.6 Å². The van der Waals surface area contributed by atoms with Crippen molar-refractivity contribution in [3.8, 4) is 21.9 Å². The Morgan fingerprint density at radius 1 is 0.943 bits per heavy atom. The summed E-state index contributed by atoms with van der Waals surface area (Å²) in [5.74, 6) is 1.91. The lowest BCUT2D eigenvalue weighted by molar-refractivity contribution is -0.141. The highest BCUT2D eigenvalue weighted by molar-refractivity contribution is 7.15. The van der Waals surface area contributed by atoms with E-state index in [1.165, 1.54) is 17.6 Å². The van der Waals surface area contributed by atoms with Crippen LogP contribution in [0.15, 0.2) is 53.5 Å². The van der Waals surface area contributed by atoms with Crippen molar-refractivity contribution in [1.29, 1.82) is 0 Å². The topological polar surface area (TPSA) is 78.6 Å². The van der Waals surface area contributed by atoms with Crippen LogP contribution in [-0.2, 0) is 9.53 Å². The van der Waals surface area contributed by atoms with Crippen molar-refractivity contribution < 1.29 is 14.3 Å². The maximum Gasteiger partial charge on any atom is 0.308 e. The summed E-state index contributed by atoms with van der Waals surface area (Å²) in [6.07, 6.45) is 0.0923. The zero-order valence-corrected chi connectivity index (χ0v) is 21.1. The molecule has 0 radical (unpaired) electrons. The molecule has 0 fully saturated rings. The Labute approximate surface area is 208 Å². The number of aliphatic imine (C=N–C) groups is 1. The molecule has 0 spiro atoms. The van der Waals surface area contributed by atoms with E-state index in [0.717, 1.165) is 44.5 Å². The smallest absolute Gasteiger partial charge is 0.308 e. The second kappa shape index (κ2) is 9.11. The average Bonchev–Trinajstić information content (AvgIpc) is 3.36. The number of carbonyl (C=O) groups is 1. The number of aromatic nitrogens is 3. The molecule has 178 valence electrons. The number of hydrogen-bond acceptors (Lipinski definition) is 7.